The number of esters is 3. The van der Waals surface area contributed by atoms with Crippen LogP contribution in [0.25, 0.3) is 0 Å². The fourth-order valence-corrected chi connectivity index (χ4v) is 14.1. The van der Waals surface area contributed by atoms with E-state index in [1.165, 1.54) is 96.3 Å². The molecule has 0 bridgehead atoms. The first-order chi connectivity index (χ1) is 60.2. The Kier molecular flexibility index (Phi) is 90.3. The van der Waals surface area contributed by atoms with Crippen LogP contribution in [0.5, 0.6) is 0 Å². The Morgan fingerprint density at radius 2 is 0.407 bits per heavy atom. The zero-order valence-corrected chi connectivity index (χ0v) is 78.8. The average Bonchev–Trinajstić information content (AvgIpc) is 0.892. The van der Waals surface area contributed by atoms with Gasteiger partial charge in [-0.1, -0.05) is 394 Å². The fraction of sp³-hybridized carbons (Fsp3) is 0.629. The molecule has 123 heavy (non-hydrogen) atoms. The monoisotopic (exact) mass is 1750 g/mol. The topological polar surface area (TPSA) is 231 Å². The molecule has 0 aliphatic carbocycles. The van der Waals surface area contributed by atoms with Crippen molar-refractivity contribution >= 4 is 33.6 Å². The van der Waals surface area contributed by atoms with E-state index in [-0.39, 0.29) is 19.3 Å². The lowest BCUT2D eigenvalue weighted by molar-refractivity contribution is -0.161. The third-order valence-corrected chi connectivity index (χ3v) is 21.6. The maximum atomic E-state index is 13.1. The molecular formula is C105H172O16P2. The molecule has 0 aromatic rings. The van der Waals surface area contributed by atoms with Crippen molar-refractivity contribution in [2.24, 2.45) is 0 Å². The molecule has 5 unspecified atom stereocenters. The third kappa shape index (κ3) is 96.4. The van der Waals surface area contributed by atoms with Crippen LogP contribution in [0.3, 0.4) is 0 Å². The Morgan fingerprint density at radius 1 is 0.228 bits per heavy atom. The summed E-state index contributed by atoms with van der Waals surface area (Å²) in [6, 6.07) is 0. The molecule has 0 aromatic heterocycles. The number of carbonyl (C=O) groups is 3. The second kappa shape index (κ2) is 95.0. The van der Waals surface area contributed by atoms with Crippen LogP contribution in [-0.4, -0.2) is 95.9 Å². The predicted octanol–water partition coefficient (Wildman–Crippen LogP) is 30.1. The summed E-state index contributed by atoms with van der Waals surface area (Å²) in [5.74, 6) is -1.60. The lowest BCUT2D eigenvalue weighted by atomic mass is 10.0. The number of phosphoric ester groups is 2. The summed E-state index contributed by atoms with van der Waals surface area (Å²) in [6.07, 6.45) is 130. The molecule has 4 N–H and O–H groups in total. The van der Waals surface area contributed by atoms with E-state index in [2.05, 4.69) is 240 Å². The molecule has 0 aliphatic rings. The Morgan fingerprint density at radius 3 is 0.642 bits per heavy atom. The Hall–Kier alpha value is -6.13. The highest BCUT2D eigenvalue weighted by molar-refractivity contribution is 7.47. The molecule has 0 radical (unpaired) electrons. The molecule has 0 saturated heterocycles. The maximum Gasteiger partial charge on any atom is 0.472 e. The van der Waals surface area contributed by atoms with Crippen molar-refractivity contribution in [2.75, 3.05) is 39.6 Å². The summed E-state index contributed by atoms with van der Waals surface area (Å²) in [5.41, 5.74) is 0. The molecule has 5 atom stereocenters. The van der Waals surface area contributed by atoms with E-state index in [4.69, 9.17) is 32.3 Å². The Labute approximate surface area is 749 Å². The predicted molar refractivity (Wildman–Crippen MR) is 518 cm³/mol. The number of hydrogen-bond acceptors (Lipinski definition) is 14. The standard InChI is InChI=1S/C105H172O16P2/c1-4-7-10-13-16-19-22-25-28-31-34-37-40-43-45-47-48-49-50-52-54-56-58-61-64-67-70-73-76-79-82-85-88-91-103(108)115-94-100(106)95-117-122(111,112)118-96-101(107)97-119-123(113,114)120-99-102(121-105(110)93-90-87-84-81-78-75-72-69-66-63-60-55-42-39-36-33-30-27-24-21-18-15-12-9-6-3)98-116-104(109)92-89-86-83-80-77-74-71-68-65-62-59-57-53-51-46-44-41-38-35-32-29-26-23-20-17-14-11-8-5-2/h7-12,16-21,25-30,34-39,43-46,48-49,53,55,57,60,66,69,100-102,106-107H,4-6,13-15,22-24,31-33,40-42,47,50-52,54,56,58-59,61-65,67-68,70-99H2,1-3H3,(H,111,112)(H,113,114)/b10-7-,11-8-,12-9-,19-16-,20-17-,21-18-,28-25-,29-26-,30-27-,37-34-,38-35-,39-36-,45-43-,46-44-,49-48-,57-53-,60-55-,69-66-. The van der Waals surface area contributed by atoms with Gasteiger partial charge in [0.1, 0.15) is 25.4 Å². The molecule has 0 fully saturated rings. The minimum absolute atomic E-state index is 0.0783. The number of phosphoric acid groups is 2. The van der Waals surface area contributed by atoms with Gasteiger partial charge in [-0.25, -0.2) is 9.13 Å². The smallest absolute Gasteiger partial charge is 0.463 e. The summed E-state index contributed by atoms with van der Waals surface area (Å²) >= 11 is 0. The van der Waals surface area contributed by atoms with Crippen molar-refractivity contribution in [3.63, 3.8) is 0 Å². The summed E-state index contributed by atoms with van der Waals surface area (Å²) < 4.78 is 61.6. The van der Waals surface area contributed by atoms with Gasteiger partial charge in [0, 0.05) is 19.3 Å². The first-order valence-corrected chi connectivity index (χ1v) is 51.0. The van der Waals surface area contributed by atoms with E-state index < -0.39 is 91.5 Å². The molecule has 0 spiro atoms. The van der Waals surface area contributed by atoms with Crippen LogP contribution in [-0.2, 0) is 55.8 Å². The van der Waals surface area contributed by atoms with Crippen molar-refractivity contribution < 1.29 is 75.8 Å². The van der Waals surface area contributed by atoms with Crippen LogP contribution in [0.1, 0.15) is 367 Å². The van der Waals surface area contributed by atoms with E-state index >= 15 is 0 Å². The van der Waals surface area contributed by atoms with Crippen LogP contribution in [0, 0.1) is 0 Å². The van der Waals surface area contributed by atoms with Gasteiger partial charge in [-0.3, -0.25) is 32.5 Å². The summed E-state index contributed by atoms with van der Waals surface area (Å²) in [7, 11) is -9.83. The van der Waals surface area contributed by atoms with Crippen LogP contribution in [0.2, 0.25) is 0 Å². The third-order valence-electron chi connectivity index (χ3n) is 19.7. The van der Waals surface area contributed by atoms with Crippen LogP contribution in [0.4, 0.5) is 0 Å². The minimum atomic E-state index is -4.96. The zero-order valence-electron chi connectivity index (χ0n) is 77.0. The molecule has 0 aromatic carbocycles. The first-order valence-electron chi connectivity index (χ1n) is 48.0. The van der Waals surface area contributed by atoms with Crippen LogP contribution in [0.15, 0.2) is 219 Å². The second-order valence-corrected chi connectivity index (χ2v) is 34.3. The maximum absolute atomic E-state index is 13.1. The molecule has 0 aliphatic heterocycles. The van der Waals surface area contributed by atoms with Gasteiger partial charge in [-0.05, 0) is 173 Å². The second-order valence-electron chi connectivity index (χ2n) is 31.4. The number of ether oxygens (including phenoxy) is 3. The molecule has 18 heteroatoms. The van der Waals surface area contributed by atoms with Crippen molar-refractivity contribution in [3.8, 4) is 0 Å². The molecule has 0 rings (SSSR count). The van der Waals surface area contributed by atoms with Gasteiger partial charge in [0.25, 0.3) is 0 Å². The van der Waals surface area contributed by atoms with Crippen molar-refractivity contribution in [2.45, 2.75) is 386 Å². The van der Waals surface area contributed by atoms with Gasteiger partial charge in [0.05, 0.1) is 26.4 Å². The van der Waals surface area contributed by atoms with E-state index in [1.54, 1.807) is 0 Å². The zero-order chi connectivity index (χ0) is 89.3. The molecular weight excluding hydrogens is 1580 g/mol. The fourth-order valence-electron chi connectivity index (χ4n) is 12.5. The number of allylic oxidation sites excluding steroid dienone is 36. The van der Waals surface area contributed by atoms with Crippen molar-refractivity contribution in [1.82, 2.24) is 0 Å². The minimum Gasteiger partial charge on any atom is -0.463 e. The average molecular weight is 1750 g/mol. The highest BCUT2D eigenvalue weighted by Crippen LogP contribution is 2.45. The Balaban J connectivity index is 4.65. The highest BCUT2D eigenvalue weighted by atomic mass is 31.2. The summed E-state index contributed by atoms with van der Waals surface area (Å²) in [6.45, 7) is 2.34. The molecule has 0 saturated carbocycles. The van der Waals surface area contributed by atoms with Gasteiger partial charge < -0.3 is 34.2 Å². The van der Waals surface area contributed by atoms with Gasteiger partial charge in [-0.2, -0.15) is 0 Å². The van der Waals surface area contributed by atoms with Crippen molar-refractivity contribution in [1.29, 1.82) is 0 Å². The number of rotatable bonds is 89. The quantitative estimate of drug-likeness (QED) is 0.0146. The lowest BCUT2D eigenvalue weighted by Crippen LogP contribution is -2.30. The lowest BCUT2D eigenvalue weighted by Gasteiger charge is -2.21. The molecule has 0 heterocycles. The van der Waals surface area contributed by atoms with E-state index in [9.17, 15) is 43.5 Å². The highest BCUT2D eigenvalue weighted by Gasteiger charge is 2.30. The first kappa shape index (κ1) is 117. The summed E-state index contributed by atoms with van der Waals surface area (Å²) in [4.78, 5) is 59.1. The number of aliphatic hydroxyl groups excluding tert-OH is 2. The number of hydrogen-bond donors (Lipinski definition) is 4. The normalized spacial score (nSPS) is 14.7. The van der Waals surface area contributed by atoms with Gasteiger partial charge in [-0.15, -0.1) is 0 Å². The van der Waals surface area contributed by atoms with E-state index in [1.807, 2.05) is 0 Å². The van der Waals surface area contributed by atoms with Crippen LogP contribution >= 0.6 is 15.6 Å². The Bertz CT molecular complexity index is 3120. The number of carbonyl (C=O) groups excluding carboxylic acids is 3. The van der Waals surface area contributed by atoms with Crippen LogP contribution < -0.4 is 0 Å². The SMILES string of the molecule is CC/C=C\C/C=C\C/C=C\C/C=C\C/C=C\C/C=C\CCCCCCCCCCCCCCCCC(=O)OCC(O)COP(=O)(O)OCC(O)COP(=O)(O)OCC(COC(=O)CCCCCCCCCCCC/C=C\C/C=C\C/C=C\C/C=C\C/C=C\C/C=C\CC)OC(=O)CCCCCCCC/C=C\C/C=C\C/C=C\C/C=C\C/C=C\C/C=C\CC. The van der Waals surface area contributed by atoms with Gasteiger partial charge in [0.15, 0.2) is 6.10 Å². The van der Waals surface area contributed by atoms with E-state index in [0.29, 0.717) is 19.3 Å². The van der Waals surface area contributed by atoms with Crippen molar-refractivity contribution in [3.05, 3.63) is 219 Å². The molecule has 698 valence electrons. The largest absolute Gasteiger partial charge is 0.472 e. The van der Waals surface area contributed by atoms with Gasteiger partial charge in [0.2, 0.25) is 0 Å². The molecule has 16 nitrogen and oxygen atoms in total. The molecule has 0 amide bonds. The summed E-state index contributed by atoms with van der Waals surface area (Å²) in [5, 5.41) is 20.8. The number of unbranched alkanes of at least 4 members (excludes halogenated alkanes) is 30. The van der Waals surface area contributed by atoms with E-state index in [0.717, 1.165) is 212 Å². The number of aliphatic hydroxyl groups is 2. The van der Waals surface area contributed by atoms with Gasteiger partial charge >= 0.3 is 33.6 Å².